The molecule has 1 aliphatic heterocycles. The Morgan fingerprint density at radius 2 is 1.70 bits per heavy atom. The molecule has 0 saturated carbocycles. The van der Waals surface area contributed by atoms with Crippen molar-refractivity contribution in [1.29, 1.82) is 0 Å². The zero-order chi connectivity index (χ0) is 13.6. The Bertz CT molecular complexity index is 487. The van der Waals surface area contributed by atoms with Crippen LogP contribution >= 0.6 is 11.3 Å². The summed E-state index contributed by atoms with van der Waals surface area (Å²) in [7, 11) is 0. The first-order valence-electron chi connectivity index (χ1n) is 7.46. The van der Waals surface area contributed by atoms with Crippen LogP contribution < -0.4 is 4.90 Å². The van der Waals surface area contributed by atoms with Crippen LogP contribution in [-0.2, 0) is 6.42 Å². The Kier molecular flexibility index (Phi) is 4.72. The summed E-state index contributed by atoms with van der Waals surface area (Å²) >= 11 is 1.85. The van der Waals surface area contributed by atoms with Crippen LogP contribution in [-0.4, -0.2) is 37.6 Å². The van der Waals surface area contributed by atoms with Gasteiger partial charge in [-0.15, -0.1) is 11.3 Å². The molecule has 0 spiro atoms. The van der Waals surface area contributed by atoms with E-state index >= 15 is 0 Å². The van der Waals surface area contributed by atoms with E-state index in [-0.39, 0.29) is 0 Å². The van der Waals surface area contributed by atoms with Crippen molar-refractivity contribution in [3.8, 4) is 0 Å². The summed E-state index contributed by atoms with van der Waals surface area (Å²) in [5, 5.41) is 3.59. The predicted molar refractivity (Wildman–Crippen MR) is 87.7 cm³/mol. The third-order valence-corrected chi connectivity index (χ3v) is 4.90. The van der Waals surface area contributed by atoms with Gasteiger partial charge in [-0.3, -0.25) is 4.90 Å². The van der Waals surface area contributed by atoms with E-state index in [0.717, 1.165) is 0 Å². The van der Waals surface area contributed by atoms with Gasteiger partial charge in [0.1, 0.15) is 0 Å². The molecule has 3 rings (SSSR count). The lowest BCUT2D eigenvalue weighted by Crippen LogP contribution is -2.46. The second kappa shape index (κ2) is 6.91. The van der Waals surface area contributed by atoms with Crippen molar-refractivity contribution >= 4 is 16.3 Å². The van der Waals surface area contributed by atoms with Gasteiger partial charge >= 0.3 is 0 Å². The summed E-state index contributed by atoms with van der Waals surface area (Å²) in [5.74, 6) is 0. The van der Waals surface area contributed by atoms with Gasteiger partial charge in [0.05, 0.1) is 5.00 Å². The molecule has 0 N–H and O–H groups in total. The van der Waals surface area contributed by atoms with E-state index in [2.05, 4.69) is 57.6 Å². The van der Waals surface area contributed by atoms with E-state index < -0.39 is 0 Å². The minimum atomic E-state index is 1.17. The van der Waals surface area contributed by atoms with Crippen LogP contribution in [0.15, 0.2) is 47.8 Å². The molecule has 1 aromatic carbocycles. The van der Waals surface area contributed by atoms with Crippen LogP contribution in [0.3, 0.4) is 0 Å². The first-order valence-corrected chi connectivity index (χ1v) is 8.34. The van der Waals surface area contributed by atoms with Crippen LogP contribution in [0, 0.1) is 0 Å². The lowest BCUT2D eigenvalue weighted by atomic mass is 10.1. The van der Waals surface area contributed by atoms with Gasteiger partial charge in [-0.05, 0) is 42.5 Å². The van der Waals surface area contributed by atoms with Gasteiger partial charge in [0, 0.05) is 26.2 Å². The van der Waals surface area contributed by atoms with Crippen molar-refractivity contribution in [2.24, 2.45) is 0 Å². The molecule has 20 heavy (non-hydrogen) atoms. The van der Waals surface area contributed by atoms with Crippen molar-refractivity contribution in [3.05, 3.63) is 53.4 Å². The quantitative estimate of drug-likeness (QED) is 0.830. The molecule has 0 bridgehead atoms. The maximum Gasteiger partial charge on any atom is 0.0909 e. The highest BCUT2D eigenvalue weighted by Gasteiger charge is 2.17. The zero-order valence-electron chi connectivity index (χ0n) is 11.9. The SMILES string of the molecule is c1ccc(CCCN2CCN(c3cccs3)CC2)cc1. The molecular weight excluding hydrogens is 264 g/mol. The molecule has 0 amide bonds. The van der Waals surface area contributed by atoms with E-state index in [1.54, 1.807) is 0 Å². The smallest absolute Gasteiger partial charge is 0.0909 e. The van der Waals surface area contributed by atoms with E-state index in [0.29, 0.717) is 0 Å². The molecule has 1 saturated heterocycles. The minimum absolute atomic E-state index is 1.17. The number of nitrogens with zero attached hydrogens (tertiary/aromatic N) is 2. The molecule has 1 aliphatic rings. The molecule has 0 atom stereocenters. The Labute approximate surface area is 125 Å². The van der Waals surface area contributed by atoms with Crippen LogP contribution in [0.2, 0.25) is 0 Å². The van der Waals surface area contributed by atoms with E-state index in [1.807, 2.05) is 11.3 Å². The molecule has 2 nitrogen and oxygen atoms in total. The van der Waals surface area contributed by atoms with Gasteiger partial charge in [-0.1, -0.05) is 30.3 Å². The van der Waals surface area contributed by atoms with Crippen LogP contribution in [0.5, 0.6) is 0 Å². The zero-order valence-corrected chi connectivity index (χ0v) is 12.7. The lowest BCUT2D eigenvalue weighted by molar-refractivity contribution is 0.255. The third kappa shape index (κ3) is 3.62. The fourth-order valence-corrected chi connectivity index (χ4v) is 3.58. The molecule has 0 aliphatic carbocycles. The summed E-state index contributed by atoms with van der Waals surface area (Å²) in [6.45, 7) is 5.98. The summed E-state index contributed by atoms with van der Waals surface area (Å²) in [5.41, 5.74) is 1.46. The Balaban J connectivity index is 1.39. The second-order valence-electron chi connectivity index (χ2n) is 5.37. The number of piperazine rings is 1. The van der Waals surface area contributed by atoms with Gasteiger partial charge in [0.15, 0.2) is 0 Å². The number of rotatable bonds is 5. The predicted octanol–water partition coefficient (Wildman–Crippen LogP) is 3.50. The highest BCUT2D eigenvalue weighted by atomic mass is 32.1. The first-order chi connectivity index (χ1) is 9.92. The fraction of sp³-hybridized carbons (Fsp3) is 0.412. The topological polar surface area (TPSA) is 6.48 Å². The maximum absolute atomic E-state index is 2.60. The standard InChI is InChI=1S/C17H22N2S/c1-2-6-16(7-3-1)8-4-10-18-11-13-19(14-12-18)17-9-5-15-20-17/h1-3,5-7,9,15H,4,8,10-14H2. The molecule has 1 fully saturated rings. The van der Waals surface area contributed by atoms with Gasteiger partial charge < -0.3 is 4.90 Å². The van der Waals surface area contributed by atoms with Gasteiger partial charge in [0.25, 0.3) is 0 Å². The van der Waals surface area contributed by atoms with Crippen molar-refractivity contribution < 1.29 is 0 Å². The summed E-state index contributed by atoms with van der Waals surface area (Å²) in [6.07, 6.45) is 2.47. The summed E-state index contributed by atoms with van der Waals surface area (Å²) in [4.78, 5) is 5.12. The van der Waals surface area contributed by atoms with Gasteiger partial charge in [-0.25, -0.2) is 0 Å². The fourth-order valence-electron chi connectivity index (χ4n) is 2.79. The Morgan fingerprint density at radius 1 is 0.900 bits per heavy atom. The molecule has 106 valence electrons. The van der Waals surface area contributed by atoms with Crippen molar-refractivity contribution in [2.75, 3.05) is 37.6 Å². The molecular formula is C17H22N2S. The maximum atomic E-state index is 2.60. The highest BCUT2D eigenvalue weighted by molar-refractivity contribution is 7.14. The van der Waals surface area contributed by atoms with Crippen molar-refractivity contribution in [3.63, 3.8) is 0 Å². The number of hydrogen-bond donors (Lipinski definition) is 0. The second-order valence-corrected chi connectivity index (χ2v) is 6.30. The monoisotopic (exact) mass is 286 g/mol. The van der Waals surface area contributed by atoms with E-state index in [4.69, 9.17) is 0 Å². The van der Waals surface area contributed by atoms with Crippen molar-refractivity contribution in [1.82, 2.24) is 4.90 Å². The number of thiophene rings is 1. The number of aryl methyl sites for hydroxylation is 1. The van der Waals surface area contributed by atoms with E-state index in [9.17, 15) is 0 Å². The average Bonchev–Trinajstić information content (AvgIpc) is 3.03. The number of benzene rings is 1. The van der Waals surface area contributed by atoms with Crippen molar-refractivity contribution in [2.45, 2.75) is 12.8 Å². The third-order valence-electron chi connectivity index (χ3n) is 3.97. The normalized spacial score (nSPS) is 16.5. The largest absolute Gasteiger partial charge is 0.361 e. The summed E-state index contributed by atoms with van der Waals surface area (Å²) in [6, 6.07) is 15.2. The Morgan fingerprint density at radius 3 is 2.40 bits per heavy atom. The lowest BCUT2D eigenvalue weighted by Gasteiger charge is -2.35. The molecule has 3 heteroatoms. The minimum Gasteiger partial charge on any atom is -0.361 e. The van der Waals surface area contributed by atoms with Crippen LogP contribution in [0.25, 0.3) is 0 Å². The van der Waals surface area contributed by atoms with Gasteiger partial charge in [0.2, 0.25) is 0 Å². The summed E-state index contributed by atoms with van der Waals surface area (Å²) < 4.78 is 0. The molecule has 0 unspecified atom stereocenters. The Hall–Kier alpha value is -1.32. The molecule has 0 radical (unpaired) electrons. The van der Waals surface area contributed by atoms with E-state index in [1.165, 1.54) is 56.1 Å². The molecule has 2 aromatic rings. The first kappa shape index (κ1) is 13.7. The molecule has 2 heterocycles. The molecule has 1 aromatic heterocycles. The van der Waals surface area contributed by atoms with Crippen LogP contribution in [0.4, 0.5) is 5.00 Å². The van der Waals surface area contributed by atoms with Crippen LogP contribution in [0.1, 0.15) is 12.0 Å². The van der Waals surface area contributed by atoms with Gasteiger partial charge in [-0.2, -0.15) is 0 Å². The average molecular weight is 286 g/mol. The number of anilines is 1. The number of hydrogen-bond acceptors (Lipinski definition) is 3. The highest BCUT2D eigenvalue weighted by Crippen LogP contribution is 2.22.